The first kappa shape index (κ1) is 16.9. The Bertz CT molecular complexity index is 693. The summed E-state index contributed by atoms with van der Waals surface area (Å²) in [6.45, 7) is 5.11. The van der Waals surface area contributed by atoms with E-state index in [1.165, 1.54) is 22.4 Å². The van der Waals surface area contributed by atoms with Crippen LogP contribution in [-0.4, -0.2) is 37.9 Å². The van der Waals surface area contributed by atoms with Crippen molar-refractivity contribution in [2.75, 3.05) is 23.4 Å². The number of carbonyl (C=O) groups excluding carboxylic acids is 1. The van der Waals surface area contributed by atoms with Gasteiger partial charge in [-0.05, 0) is 5.92 Å². The third-order valence-corrected chi connectivity index (χ3v) is 4.99. The first-order chi connectivity index (χ1) is 10.5. The molecule has 1 aliphatic rings. The number of rotatable bonds is 5. The summed E-state index contributed by atoms with van der Waals surface area (Å²) < 4.78 is 2.27. The predicted molar refractivity (Wildman–Crippen MR) is 92.0 cm³/mol. The van der Waals surface area contributed by atoms with Crippen LogP contribution in [0.4, 0.5) is 5.82 Å². The average molecular weight is 342 g/mol. The lowest BCUT2D eigenvalue weighted by Gasteiger charge is -2.14. The molecule has 0 aliphatic carbocycles. The molecule has 1 aliphatic heterocycles. The van der Waals surface area contributed by atoms with Gasteiger partial charge in [0.25, 0.3) is 5.56 Å². The fourth-order valence-corrected chi connectivity index (χ4v) is 3.69. The van der Waals surface area contributed by atoms with Crippen molar-refractivity contribution in [3.05, 3.63) is 26.9 Å². The SMILES string of the molecule is CC(C)Cn1c(NC(=O)CSC2=NCCS2)cc(=O)[nH]c1=O. The highest BCUT2D eigenvalue weighted by atomic mass is 32.2. The molecule has 1 aromatic heterocycles. The number of carbonyl (C=O) groups is 1. The van der Waals surface area contributed by atoms with E-state index in [0.29, 0.717) is 6.54 Å². The Labute approximate surface area is 136 Å². The lowest BCUT2D eigenvalue weighted by molar-refractivity contribution is -0.113. The maximum Gasteiger partial charge on any atom is 0.329 e. The standard InChI is InChI=1S/C13H18N4O3S2/c1-8(2)6-17-9(5-10(18)16-12(17)20)15-11(19)7-22-13-14-3-4-21-13/h5,8H,3-4,6-7H2,1-2H3,(H,15,19)(H,16,18,20). The Balaban J connectivity index is 2.08. The fraction of sp³-hybridized carbons (Fsp3) is 0.538. The number of anilines is 1. The highest BCUT2D eigenvalue weighted by Crippen LogP contribution is 2.21. The molecule has 0 atom stereocenters. The van der Waals surface area contributed by atoms with E-state index in [1.54, 1.807) is 11.8 Å². The summed E-state index contributed by atoms with van der Waals surface area (Å²) in [7, 11) is 0. The molecule has 0 radical (unpaired) electrons. The molecule has 120 valence electrons. The van der Waals surface area contributed by atoms with Crippen molar-refractivity contribution in [1.82, 2.24) is 9.55 Å². The number of aliphatic imine (C=N–C) groups is 1. The Hall–Kier alpha value is -1.48. The zero-order valence-corrected chi connectivity index (χ0v) is 14.1. The summed E-state index contributed by atoms with van der Waals surface area (Å²) in [6.07, 6.45) is 0. The van der Waals surface area contributed by atoms with Crippen LogP contribution in [0, 0.1) is 5.92 Å². The lowest BCUT2D eigenvalue weighted by atomic mass is 10.2. The van der Waals surface area contributed by atoms with E-state index in [2.05, 4.69) is 15.3 Å². The molecule has 2 rings (SSSR count). The second-order valence-corrected chi connectivity index (χ2v) is 7.47. The second kappa shape index (κ2) is 7.68. The highest BCUT2D eigenvalue weighted by Gasteiger charge is 2.13. The molecule has 9 heteroatoms. The molecule has 1 aromatic rings. The molecule has 0 bridgehead atoms. The second-order valence-electron chi connectivity index (χ2n) is 5.16. The van der Waals surface area contributed by atoms with Gasteiger partial charge in [-0.2, -0.15) is 0 Å². The number of hydrogen-bond donors (Lipinski definition) is 2. The lowest BCUT2D eigenvalue weighted by Crippen LogP contribution is -2.34. The number of nitrogens with zero attached hydrogens (tertiary/aromatic N) is 2. The first-order valence-electron chi connectivity index (χ1n) is 6.90. The number of thioether (sulfide) groups is 2. The summed E-state index contributed by atoms with van der Waals surface area (Å²) >= 11 is 3.00. The van der Waals surface area contributed by atoms with Crippen LogP contribution in [0.2, 0.25) is 0 Å². The van der Waals surface area contributed by atoms with Crippen molar-refractivity contribution in [3.63, 3.8) is 0 Å². The van der Waals surface area contributed by atoms with E-state index >= 15 is 0 Å². The molecular formula is C13H18N4O3S2. The van der Waals surface area contributed by atoms with Crippen molar-refractivity contribution >= 4 is 39.6 Å². The van der Waals surface area contributed by atoms with Crippen LogP contribution in [0.25, 0.3) is 0 Å². The highest BCUT2D eigenvalue weighted by molar-refractivity contribution is 8.39. The van der Waals surface area contributed by atoms with E-state index in [-0.39, 0.29) is 23.4 Å². The van der Waals surface area contributed by atoms with Gasteiger partial charge in [0.1, 0.15) is 10.2 Å². The zero-order valence-electron chi connectivity index (χ0n) is 12.4. The van der Waals surface area contributed by atoms with Gasteiger partial charge in [0.2, 0.25) is 5.91 Å². The van der Waals surface area contributed by atoms with Gasteiger partial charge in [0.05, 0.1) is 12.3 Å². The summed E-state index contributed by atoms with van der Waals surface area (Å²) in [4.78, 5) is 41.8. The molecule has 0 unspecified atom stereocenters. The van der Waals surface area contributed by atoms with Gasteiger partial charge < -0.3 is 5.32 Å². The average Bonchev–Trinajstić information content (AvgIpc) is 2.93. The first-order valence-corrected chi connectivity index (χ1v) is 8.87. The Morgan fingerprint density at radius 3 is 2.95 bits per heavy atom. The monoisotopic (exact) mass is 342 g/mol. The van der Waals surface area contributed by atoms with Crippen molar-refractivity contribution in [2.45, 2.75) is 20.4 Å². The van der Waals surface area contributed by atoms with Crippen LogP contribution in [0.15, 0.2) is 20.6 Å². The van der Waals surface area contributed by atoms with Crippen LogP contribution >= 0.6 is 23.5 Å². The smallest absolute Gasteiger partial charge is 0.311 e. The maximum atomic E-state index is 12.0. The van der Waals surface area contributed by atoms with Gasteiger partial charge in [-0.15, -0.1) is 0 Å². The van der Waals surface area contributed by atoms with Crippen LogP contribution in [0.3, 0.4) is 0 Å². The van der Waals surface area contributed by atoms with E-state index in [4.69, 9.17) is 0 Å². The van der Waals surface area contributed by atoms with Gasteiger partial charge in [0.15, 0.2) is 0 Å². The summed E-state index contributed by atoms with van der Waals surface area (Å²) in [5, 5.41) is 2.64. The summed E-state index contributed by atoms with van der Waals surface area (Å²) in [5.74, 6) is 1.33. The molecule has 0 spiro atoms. The topological polar surface area (TPSA) is 96.3 Å². The van der Waals surface area contributed by atoms with E-state index in [0.717, 1.165) is 16.7 Å². The minimum absolute atomic E-state index is 0.203. The van der Waals surface area contributed by atoms with E-state index in [9.17, 15) is 14.4 Å². The largest absolute Gasteiger partial charge is 0.329 e. The molecule has 22 heavy (non-hydrogen) atoms. The third-order valence-electron chi connectivity index (χ3n) is 2.73. The van der Waals surface area contributed by atoms with Crippen molar-refractivity contribution < 1.29 is 4.79 Å². The Morgan fingerprint density at radius 2 is 2.32 bits per heavy atom. The van der Waals surface area contributed by atoms with Gasteiger partial charge in [0, 0.05) is 18.4 Å². The Morgan fingerprint density at radius 1 is 1.55 bits per heavy atom. The number of aromatic nitrogens is 2. The molecule has 0 saturated carbocycles. The van der Waals surface area contributed by atoms with Crippen LogP contribution in [0.5, 0.6) is 0 Å². The normalized spacial score (nSPS) is 14.2. The summed E-state index contributed by atoms with van der Waals surface area (Å²) in [6, 6.07) is 1.23. The minimum atomic E-state index is -0.524. The van der Waals surface area contributed by atoms with E-state index < -0.39 is 11.2 Å². The summed E-state index contributed by atoms with van der Waals surface area (Å²) in [5.41, 5.74) is -1.04. The number of hydrogen-bond acceptors (Lipinski definition) is 6. The Kier molecular flexibility index (Phi) is 5.90. The van der Waals surface area contributed by atoms with Gasteiger partial charge in [-0.1, -0.05) is 37.4 Å². The minimum Gasteiger partial charge on any atom is -0.311 e. The number of aromatic amines is 1. The molecule has 7 nitrogen and oxygen atoms in total. The van der Waals surface area contributed by atoms with Crippen LogP contribution < -0.4 is 16.6 Å². The molecule has 0 fully saturated rings. The van der Waals surface area contributed by atoms with Gasteiger partial charge >= 0.3 is 5.69 Å². The van der Waals surface area contributed by atoms with Crippen LogP contribution in [-0.2, 0) is 11.3 Å². The quantitative estimate of drug-likeness (QED) is 0.831. The molecular weight excluding hydrogens is 324 g/mol. The predicted octanol–water partition coefficient (Wildman–Crippen LogP) is 0.967. The van der Waals surface area contributed by atoms with Gasteiger partial charge in [-0.25, -0.2) is 4.79 Å². The van der Waals surface area contributed by atoms with Crippen molar-refractivity contribution in [2.24, 2.45) is 10.9 Å². The molecule has 0 saturated heterocycles. The molecule has 2 heterocycles. The fourth-order valence-electron chi connectivity index (χ4n) is 1.88. The van der Waals surface area contributed by atoms with Crippen molar-refractivity contribution in [1.29, 1.82) is 0 Å². The number of amides is 1. The zero-order chi connectivity index (χ0) is 16.1. The van der Waals surface area contributed by atoms with Crippen molar-refractivity contribution in [3.8, 4) is 0 Å². The molecule has 2 N–H and O–H groups in total. The van der Waals surface area contributed by atoms with Crippen LogP contribution in [0.1, 0.15) is 13.8 Å². The number of H-pyrrole nitrogens is 1. The van der Waals surface area contributed by atoms with Gasteiger partial charge in [-0.3, -0.25) is 24.1 Å². The molecule has 0 aromatic carbocycles. The maximum absolute atomic E-state index is 12.0. The number of nitrogens with one attached hydrogen (secondary N) is 2. The molecule has 1 amide bonds. The third kappa shape index (κ3) is 4.77. The van der Waals surface area contributed by atoms with E-state index in [1.807, 2.05) is 13.8 Å².